The molecule has 0 aliphatic carbocycles. The van der Waals surface area contributed by atoms with Gasteiger partial charge in [0.1, 0.15) is 10.7 Å². The topological polar surface area (TPSA) is 128 Å². The number of sulfonamides is 1. The molecular formula is C23H26BrClF4N4O6S. The quantitative estimate of drug-likeness (QED) is 0.270. The van der Waals surface area contributed by atoms with E-state index in [-0.39, 0.29) is 41.3 Å². The Balaban J connectivity index is 0.000000708. The number of carboxylic acids is 1. The van der Waals surface area contributed by atoms with Gasteiger partial charge in [0, 0.05) is 55.7 Å². The van der Waals surface area contributed by atoms with E-state index in [4.69, 9.17) is 26.2 Å². The van der Waals surface area contributed by atoms with Gasteiger partial charge in [-0.15, -0.1) is 0 Å². The van der Waals surface area contributed by atoms with E-state index < -0.39 is 22.2 Å². The molecule has 1 aliphatic rings. The number of hydrogen-bond donors (Lipinski definition) is 3. The van der Waals surface area contributed by atoms with Crippen LogP contribution in [0, 0.1) is 5.82 Å². The first-order valence-corrected chi connectivity index (χ1v) is 14.1. The maximum atomic E-state index is 13.2. The SMILES string of the molecule is COCCNc1cc(Cl)c(S(=O)(=O)N2CCN(CC(=O)Nc3ccc(F)cc3)CC2)c(Br)c1.O=C(O)C(F)(F)F. The van der Waals surface area contributed by atoms with Gasteiger partial charge in [0.15, 0.2) is 0 Å². The number of nitrogens with zero attached hydrogens (tertiary/aromatic N) is 2. The molecule has 1 heterocycles. The Morgan fingerprint density at radius 1 is 1.10 bits per heavy atom. The Labute approximate surface area is 241 Å². The number of carboxylic acid groups (broad SMARTS) is 1. The lowest BCUT2D eigenvalue weighted by Gasteiger charge is -2.33. The Hall–Kier alpha value is -2.50. The number of benzene rings is 2. The molecule has 0 atom stereocenters. The molecule has 222 valence electrons. The van der Waals surface area contributed by atoms with E-state index >= 15 is 0 Å². The van der Waals surface area contributed by atoms with Crippen LogP contribution in [0.2, 0.25) is 5.02 Å². The summed E-state index contributed by atoms with van der Waals surface area (Å²) >= 11 is 9.68. The summed E-state index contributed by atoms with van der Waals surface area (Å²) in [5.74, 6) is -3.39. The van der Waals surface area contributed by atoms with Crippen molar-refractivity contribution < 1.29 is 45.4 Å². The predicted octanol–water partition coefficient (Wildman–Crippen LogP) is 3.88. The van der Waals surface area contributed by atoms with Gasteiger partial charge >= 0.3 is 12.1 Å². The van der Waals surface area contributed by atoms with E-state index in [2.05, 4.69) is 26.6 Å². The molecule has 0 bridgehead atoms. The molecule has 1 amide bonds. The lowest BCUT2D eigenvalue weighted by atomic mass is 10.3. The fourth-order valence-electron chi connectivity index (χ4n) is 3.40. The summed E-state index contributed by atoms with van der Waals surface area (Å²) in [6.45, 7) is 2.40. The highest BCUT2D eigenvalue weighted by Gasteiger charge is 2.38. The first-order chi connectivity index (χ1) is 18.6. The molecule has 40 heavy (non-hydrogen) atoms. The summed E-state index contributed by atoms with van der Waals surface area (Å²) in [5, 5.41) is 13.1. The number of ether oxygens (including phenoxy) is 1. The number of carbonyl (C=O) groups is 2. The van der Waals surface area contributed by atoms with Crippen LogP contribution in [0.5, 0.6) is 0 Å². The number of rotatable bonds is 9. The van der Waals surface area contributed by atoms with Crippen LogP contribution in [0.4, 0.5) is 28.9 Å². The molecule has 0 aromatic heterocycles. The smallest absolute Gasteiger partial charge is 0.475 e. The first-order valence-electron chi connectivity index (χ1n) is 11.4. The Kier molecular flexibility index (Phi) is 12.6. The maximum absolute atomic E-state index is 13.2. The summed E-state index contributed by atoms with van der Waals surface area (Å²) in [6, 6.07) is 8.75. The maximum Gasteiger partial charge on any atom is 0.490 e. The number of anilines is 2. The molecule has 2 aromatic carbocycles. The molecule has 0 spiro atoms. The summed E-state index contributed by atoms with van der Waals surface area (Å²) in [4.78, 5) is 23.0. The minimum absolute atomic E-state index is 0.0176. The zero-order valence-electron chi connectivity index (χ0n) is 21.0. The number of halogens is 6. The van der Waals surface area contributed by atoms with Crippen molar-refractivity contribution in [3.63, 3.8) is 0 Å². The van der Waals surface area contributed by atoms with Gasteiger partial charge in [-0.25, -0.2) is 17.6 Å². The van der Waals surface area contributed by atoms with E-state index in [1.807, 2.05) is 4.90 Å². The van der Waals surface area contributed by atoms with Gasteiger partial charge in [0.05, 0.1) is 18.2 Å². The monoisotopic (exact) mass is 676 g/mol. The number of hydrogen-bond acceptors (Lipinski definition) is 7. The van der Waals surface area contributed by atoms with Crippen LogP contribution >= 0.6 is 27.5 Å². The van der Waals surface area contributed by atoms with Crippen molar-refractivity contribution in [3.8, 4) is 0 Å². The van der Waals surface area contributed by atoms with E-state index in [1.54, 1.807) is 19.2 Å². The van der Waals surface area contributed by atoms with Crippen LogP contribution in [0.25, 0.3) is 0 Å². The second kappa shape index (κ2) is 14.9. The molecule has 17 heteroatoms. The second-order valence-corrected chi connectivity index (χ2v) is 11.4. The minimum atomic E-state index is -5.08. The summed E-state index contributed by atoms with van der Waals surface area (Å²) in [5.41, 5.74) is 1.18. The average Bonchev–Trinajstić information content (AvgIpc) is 2.85. The molecule has 3 N–H and O–H groups in total. The third kappa shape index (κ3) is 10.2. The van der Waals surface area contributed by atoms with E-state index in [0.717, 1.165) is 0 Å². The van der Waals surface area contributed by atoms with Crippen molar-refractivity contribution in [2.24, 2.45) is 0 Å². The molecular weight excluding hydrogens is 652 g/mol. The van der Waals surface area contributed by atoms with Crippen molar-refractivity contribution in [2.45, 2.75) is 11.1 Å². The number of carbonyl (C=O) groups excluding carboxylic acids is 1. The van der Waals surface area contributed by atoms with Crippen LogP contribution in [0.15, 0.2) is 45.8 Å². The highest BCUT2D eigenvalue weighted by molar-refractivity contribution is 9.10. The Bertz CT molecular complexity index is 1250. The molecule has 0 saturated carbocycles. The zero-order chi connectivity index (χ0) is 30.1. The Morgan fingerprint density at radius 2 is 1.68 bits per heavy atom. The standard InChI is InChI=1S/C21H25BrClFN4O4S.C2HF3O2/c1-32-11-6-25-17-12-18(22)21(19(23)13-17)33(30,31)28-9-7-27(8-10-28)14-20(29)26-16-4-2-15(24)3-5-16;3-2(4,5)1(6)7/h2-5,12-13,25H,6-11,14H2,1H3,(H,26,29);(H,6,7). The number of alkyl halides is 3. The lowest BCUT2D eigenvalue weighted by molar-refractivity contribution is -0.192. The van der Waals surface area contributed by atoms with Gasteiger partial charge in [0.2, 0.25) is 15.9 Å². The van der Waals surface area contributed by atoms with Crippen molar-refractivity contribution >= 4 is 60.8 Å². The van der Waals surface area contributed by atoms with Crippen molar-refractivity contribution in [3.05, 3.63) is 51.7 Å². The predicted molar refractivity (Wildman–Crippen MR) is 143 cm³/mol. The van der Waals surface area contributed by atoms with Crippen LogP contribution in [-0.4, -0.2) is 93.8 Å². The largest absolute Gasteiger partial charge is 0.490 e. The van der Waals surface area contributed by atoms with Crippen molar-refractivity contribution in [2.75, 3.05) is 63.6 Å². The number of aliphatic carboxylic acids is 1. The summed E-state index contributed by atoms with van der Waals surface area (Å²) in [7, 11) is -2.24. The molecule has 3 rings (SSSR count). The normalized spacial score (nSPS) is 14.7. The van der Waals surface area contributed by atoms with E-state index in [9.17, 15) is 30.8 Å². The third-order valence-corrected chi connectivity index (χ3v) is 8.60. The average molecular weight is 678 g/mol. The van der Waals surface area contributed by atoms with Crippen molar-refractivity contribution in [1.82, 2.24) is 9.21 Å². The van der Waals surface area contributed by atoms with Crippen LogP contribution in [0.1, 0.15) is 0 Å². The van der Waals surface area contributed by atoms with Gasteiger partial charge in [-0.1, -0.05) is 11.6 Å². The molecule has 0 radical (unpaired) electrons. The van der Waals surface area contributed by atoms with Crippen LogP contribution < -0.4 is 10.6 Å². The third-order valence-electron chi connectivity index (χ3n) is 5.30. The molecule has 1 saturated heterocycles. The molecule has 1 fully saturated rings. The number of methoxy groups -OCH3 is 1. The van der Waals surface area contributed by atoms with Crippen LogP contribution in [0.3, 0.4) is 0 Å². The highest BCUT2D eigenvalue weighted by Crippen LogP contribution is 2.35. The van der Waals surface area contributed by atoms with Gasteiger partial charge < -0.3 is 20.5 Å². The van der Waals surface area contributed by atoms with Gasteiger partial charge in [0.25, 0.3) is 0 Å². The molecule has 0 unspecified atom stereocenters. The number of amides is 1. The van der Waals surface area contributed by atoms with Crippen LogP contribution in [-0.2, 0) is 24.3 Å². The van der Waals surface area contributed by atoms with Crippen molar-refractivity contribution in [1.29, 1.82) is 0 Å². The minimum Gasteiger partial charge on any atom is -0.475 e. The first kappa shape index (κ1) is 33.7. The van der Waals surface area contributed by atoms with Gasteiger partial charge in [-0.05, 0) is 52.3 Å². The summed E-state index contributed by atoms with van der Waals surface area (Å²) < 4.78 is 77.9. The molecule has 2 aromatic rings. The summed E-state index contributed by atoms with van der Waals surface area (Å²) in [6.07, 6.45) is -5.08. The number of nitrogens with one attached hydrogen (secondary N) is 2. The molecule has 10 nitrogen and oxygen atoms in total. The lowest BCUT2D eigenvalue weighted by Crippen LogP contribution is -2.50. The highest BCUT2D eigenvalue weighted by atomic mass is 79.9. The van der Waals surface area contributed by atoms with E-state index in [1.165, 1.54) is 28.6 Å². The fraction of sp³-hybridized carbons (Fsp3) is 0.391. The van der Waals surface area contributed by atoms with Gasteiger partial charge in [-0.2, -0.15) is 17.5 Å². The molecule has 1 aliphatic heterocycles. The number of piperazine rings is 1. The Morgan fingerprint density at radius 3 is 2.17 bits per heavy atom. The fourth-order valence-corrected chi connectivity index (χ4v) is 6.61. The zero-order valence-corrected chi connectivity index (χ0v) is 24.1. The second-order valence-electron chi connectivity index (χ2n) is 8.23. The van der Waals surface area contributed by atoms with E-state index in [0.29, 0.717) is 42.1 Å². The van der Waals surface area contributed by atoms with Gasteiger partial charge in [-0.3, -0.25) is 9.69 Å².